The summed E-state index contributed by atoms with van der Waals surface area (Å²) >= 11 is 0. The minimum atomic E-state index is 0.676. The van der Waals surface area contributed by atoms with Crippen molar-refractivity contribution in [3.8, 4) is 11.1 Å². The van der Waals surface area contributed by atoms with Crippen molar-refractivity contribution in [2.24, 2.45) is 11.8 Å². The Kier molecular flexibility index (Phi) is 8.36. The van der Waals surface area contributed by atoms with Gasteiger partial charge in [0.1, 0.15) is 0 Å². The lowest BCUT2D eigenvalue weighted by atomic mass is 9.78. The summed E-state index contributed by atoms with van der Waals surface area (Å²) in [4.78, 5) is 0. The Balaban J connectivity index is 1.38. The van der Waals surface area contributed by atoms with Gasteiger partial charge in [-0.2, -0.15) is 0 Å². The van der Waals surface area contributed by atoms with Crippen LogP contribution in [0.25, 0.3) is 11.1 Å². The molecular formula is C27H36O. The van der Waals surface area contributed by atoms with E-state index in [4.69, 9.17) is 4.74 Å². The van der Waals surface area contributed by atoms with E-state index in [9.17, 15) is 0 Å². The Hall–Kier alpha value is -1.86. The molecule has 0 bridgehead atoms. The fraction of sp³-hybridized carbons (Fsp3) is 0.481. The second-order valence-corrected chi connectivity index (χ2v) is 8.48. The fourth-order valence-electron chi connectivity index (χ4n) is 4.58. The zero-order valence-corrected chi connectivity index (χ0v) is 17.5. The van der Waals surface area contributed by atoms with Crippen LogP contribution in [-0.4, -0.2) is 7.11 Å². The van der Waals surface area contributed by atoms with E-state index in [0.717, 1.165) is 11.8 Å². The molecule has 0 N–H and O–H groups in total. The number of rotatable bonds is 10. The van der Waals surface area contributed by atoms with Gasteiger partial charge in [0.05, 0.1) is 6.61 Å². The van der Waals surface area contributed by atoms with Crippen molar-refractivity contribution < 1.29 is 4.74 Å². The summed E-state index contributed by atoms with van der Waals surface area (Å²) in [5.41, 5.74) is 5.26. The van der Waals surface area contributed by atoms with Crippen molar-refractivity contribution in [2.45, 2.75) is 64.4 Å². The van der Waals surface area contributed by atoms with Crippen LogP contribution in [0.5, 0.6) is 0 Å². The summed E-state index contributed by atoms with van der Waals surface area (Å²) in [6, 6.07) is 17.8. The number of unbranched alkanes of at least 4 members (excludes halogenated alkanes) is 1. The van der Waals surface area contributed by atoms with E-state index in [0.29, 0.717) is 6.61 Å². The normalized spacial score (nSPS) is 19.5. The number of aryl methyl sites for hydroxylation is 1. The highest BCUT2D eigenvalue weighted by Gasteiger charge is 2.19. The van der Waals surface area contributed by atoms with E-state index in [-0.39, 0.29) is 0 Å². The Morgan fingerprint density at radius 2 is 1.39 bits per heavy atom. The fourth-order valence-corrected chi connectivity index (χ4v) is 4.58. The van der Waals surface area contributed by atoms with Crippen LogP contribution < -0.4 is 0 Å². The second-order valence-electron chi connectivity index (χ2n) is 8.48. The number of hydrogen-bond acceptors (Lipinski definition) is 1. The van der Waals surface area contributed by atoms with Crippen LogP contribution in [-0.2, 0) is 17.8 Å². The zero-order chi connectivity index (χ0) is 19.6. The van der Waals surface area contributed by atoms with Crippen molar-refractivity contribution in [1.29, 1.82) is 0 Å². The molecule has 150 valence electrons. The molecular weight excluding hydrogens is 340 g/mol. The Labute approximate surface area is 171 Å². The molecule has 28 heavy (non-hydrogen) atoms. The van der Waals surface area contributed by atoms with Gasteiger partial charge in [-0.3, -0.25) is 0 Å². The molecule has 1 fully saturated rings. The van der Waals surface area contributed by atoms with Crippen molar-refractivity contribution >= 4 is 0 Å². The lowest BCUT2D eigenvalue weighted by Gasteiger charge is -2.27. The lowest BCUT2D eigenvalue weighted by molar-refractivity contribution is 0.185. The minimum absolute atomic E-state index is 0.676. The lowest BCUT2D eigenvalue weighted by Crippen LogP contribution is -2.14. The SMILES string of the molecule is C=CC[C@H]1CC[C@H](CCCCc2ccc(-c3ccc(COC)cc3)cc2)CC1. The molecule has 0 aliphatic heterocycles. The van der Waals surface area contributed by atoms with Crippen molar-refractivity contribution in [2.75, 3.05) is 7.11 Å². The summed E-state index contributed by atoms with van der Waals surface area (Å²) in [6.45, 7) is 4.57. The van der Waals surface area contributed by atoms with Crippen LogP contribution in [0.4, 0.5) is 0 Å². The van der Waals surface area contributed by atoms with Crippen LogP contribution in [0.15, 0.2) is 61.2 Å². The Bertz CT molecular complexity index is 690. The Morgan fingerprint density at radius 3 is 1.96 bits per heavy atom. The topological polar surface area (TPSA) is 9.23 Å². The first kappa shape index (κ1) is 20.9. The first-order chi connectivity index (χ1) is 13.8. The predicted molar refractivity (Wildman–Crippen MR) is 120 cm³/mol. The van der Waals surface area contributed by atoms with Crippen LogP contribution in [0.1, 0.15) is 62.5 Å². The molecule has 1 heteroatoms. The molecule has 2 aromatic carbocycles. The molecule has 0 heterocycles. The molecule has 0 atom stereocenters. The maximum Gasteiger partial charge on any atom is 0.0713 e. The van der Waals surface area contributed by atoms with Gasteiger partial charge in [0, 0.05) is 7.11 Å². The largest absolute Gasteiger partial charge is 0.380 e. The molecule has 3 rings (SSSR count). The maximum atomic E-state index is 5.19. The molecule has 1 aliphatic rings. The van der Waals surface area contributed by atoms with Crippen molar-refractivity contribution in [1.82, 2.24) is 0 Å². The maximum absolute atomic E-state index is 5.19. The van der Waals surface area contributed by atoms with Gasteiger partial charge in [0.2, 0.25) is 0 Å². The molecule has 2 aromatic rings. The standard InChI is InChI=1S/C27H36O/c1-3-6-22-9-11-23(12-10-22)7-4-5-8-24-13-17-26(18-14-24)27-19-15-25(16-20-27)21-28-2/h3,13-20,22-23H,1,4-12,21H2,2H3/t22-,23-. The van der Waals surface area contributed by atoms with E-state index >= 15 is 0 Å². The third kappa shape index (κ3) is 6.34. The van der Waals surface area contributed by atoms with Crippen molar-refractivity contribution in [3.05, 3.63) is 72.3 Å². The first-order valence-electron chi connectivity index (χ1n) is 11.1. The first-order valence-corrected chi connectivity index (χ1v) is 11.1. The van der Waals surface area contributed by atoms with Crippen molar-refractivity contribution in [3.63, 3.8) is 0 Å². The Morgan fingerprint density at radius 1 is 0.821 bits per heavy atom. The summed E-state index contributed by atoms with van der Waals surface area (Å²) in [5, 5.41) is 0. The van der Waals surface area contributed by atoms with Gasteiger partial charge in [-0.1, -0.05) is 80.3 Å². The third-order valence-electron chi connectivity index (χ3n) is 6.35. The van der Waals surface area contributed by atoms with Crippen LogP contribution in [0.3, 0.4) is 0 Å². The van der Waals surface area contributed by atoms with Gasteiger partial charge >= 0.3 is 0 Å². The summed E-state index contributed by atoms with van der Waals surface area (Å²) < 4.78 is 5.19. The van der Waals surface area contributed by atoms with Crippen LogP contribution in [0.2, 0.25) is 0 Å². The monoisotopic (exact) mass is 376 g/mol. The van der Waals surface area contributed by atoms with Crippen LogP contribution >= 0.6 is 0 Å². The summed E-state index contributed by atoms with van der Waals surface area (Å²) in [5.74, 6) is 1.90. The molecule has 1 aliphatic carbocycles. The van der Waals surface area contributed by atoms with E-state index in [1.807, 2.05) is 0 Å². The molecule has 1 nitrogen and oxygen atoms in total. The number of hydrogen-bond donors (Lipinski definition) is 0. The second kappa shape index (κ2) is 11.2. The van der Waals surface area contributed by atoms with Gasteiger partial charge < -0.3 is 4.74 Å². The highest BCUT2D eigenvalue weighted by molar-refractivity contribution is 5.63. The van der Waals surface area contributed by atoms with Gasteiger partial charge in [-0.15, -0.1) is 6.58 Å². The van der Waals surface area contributed by atoms with E-state index in [1.165, 1.54) is 80.0 Å². The molecule has 0 amide bonds. The predicted octanol–water partition coefficient (Wildman–Crippen LogP) is 7.60. The molecule has 0 radical (unpaired) electrons. The zero-order valence-electron chi connectivity index (χ0n) is 17.5. The smallest absolute Gasteiger partial charge is 0.0713 e. The number of allylic oxidation sites excluding steroid dienone is 1. The van der Waals surface area contributed by atoms with E-state index in [2.05, 4.69) is 61.2 Å². The third-order valence-corrected chi connectivity index (χ3v) is 6.35. The number of methoxy groups -OCH3 is 1. The average molecular weight is 377 g/mol. The highest BCUT2D eigenvalue weighted by Crippen LogP contribution is 2.33. The van der Waals surface area contributed by atoms with Gasteiger partial charge in [-0.25, -0.2) is 0 Å². The van der Waals surface area contributed by atoms with E-state index in [1.54, 1.807) is 7.11 Å². The van der Waals surface area contributed by atoms with Gasteiger partial charge in [0.25, 0.3) is 0 Å². The molecule has 0 spiro atoms. The molecule has 0 aromatic heterocycles. The van der Waals surface area contributed by atoms with Crippen LogP contribution in [0, 0.1) is 11.8 Å². The molecule has 0 unspecified atom stereocenters. The minimum Gasteiger partial charge on any atom is -0.380 e. The average Bonchev–Trinajstić information content (AvgIpc) is 2.74. The van der Waals surface area contributed by atoms with Gasteiger partial charge in [0.15, 0.2) is 0 Å². The highest BCUT2D eigenvalue weighted by atomic mass is 16.5. The van der Waals surface area contributed by atoms with Gasteiger partial charge in [-0.05, 0) is 66.2 Å². The quantitative estimate of drug-likeness (QED) is 0.306. The summed E-state index contributed by atoms with van der Waals surface area (Å²) in [6.07, 6.45) is 14.4. The summed E-state index contributed by atoms with van der Waals surface area (Å²) in [7, 11) is 1.74. The number of ether oxygens (including phenoxy) is 1. The molecule has 0 saturated heterocycles. The van der Waals surface area contributed by atoms with E-state index < -0.39 is 0 Å². The molecule has 1 saturated carbocycles. The number of benzene rings is 2.